The summed E-state index contributed by atoms with van der Waals surface area (Å²) in [6.45, 7) is 5.16. The summed E-state index contributed by atoms with van der Waals surface area (Å²) >= 11 is 0. The van der Waals surface area contributed by atoms with E-state index in [1.165, 1.54) is 6.08 Å². The maximum atomic E-state index is 13.4. The van der Waals surface area contributed by atoms with E-state index in [-0.39, 0.29) is 36.5 Å². The van der Waals surface area contributed by atoms with Gasteiger partial charge in [0.05, 0.1) is 31.6 Å². The van der Waals surface area contributed by atoms with Crippen LogP contribution < -0.4 is 10.2 Å². The largest absolute Gasteiger partial charge is 0.394 e. The lowest BCUT2D eigenvalue weighted by Gasteiger charge is -2.48. The molecule has 1 aliphatic carbocycles. The molecule has 2 N–H and O–H groups in total. The second-order valence-corrected chi connectivity index (χ2v) is 9.11. The minimum atomic E-state index is -0.0768. The molecule has 4 heterocycles. The van der Waals surface area contributed by atoms with E-state index in [1.54, 1.807) is 35.2 Å². The van der Waals surface area contributed by atoms with Gasteiger partial charge in [-0.2, -0.15) is 10.1 Å². The van der Waals surface area contributed by atoms with Crippen LogP contribution in [-0.4, -0.2) is 78.9 Å². The molecule has 0 aromatic carbocycles. The summed E-state index contributed by atoms with van der Waals surface area (Å²) in [4.78, 5) is 40.3. The van der Waals surface area contributed by atoms with E-state index in [0.717, 1.165) is 31.2 Å². The molecular weight excluding hydrogens is 436 g/mol. The smallest absolute Gasteiger partial charge is 0.325 e. The highest BCUT2D eigenvalue weighted by atomic mass is 16.3. The third kappa shape index (κ3) is 3.89. The fourth-order valence-corrected chi connectivity index (χ4v) is 5.67. The Kier molecular flexibility index (Phi) is 5.94. The molecule has 0 spiro atoms. The molecule has 180 valence electrons. The van der Waals surface area contributed by atoms with E-state index in [4.69, 9.17) is 5.11 Å². The predicted molar refractivity (Wildman–Crippen MR) is 125 cm³/mol. The van der Waals surface area contributed by atoms with E-state index in [9.17, 15) is 9.59 Å². The fourth-order valence-electron chi connectivity index (χ4n) is 5.67. The lowest BCUT2D eigenvalue weighted by molar-refractivity contribution is -0.131. The highest BCUT2D eigenvalue weighted by Gasteiger charge is 2.47. The number of anilines is 3. The molecule has 0 bridgehead atoms. The van der Waals surface area contributed by atoms with E-state index in [2.05, 4.69) is 27.0 Å². The lowest BCUT2D eigenvalue weighted by atomic mass is 9.85. The molecule has 1 saturated heterocycles. The number of carbonyl (C=O) groups is 2. The van der Waals surface area contributed by atoms with Gasteiger partial charge in [-0.05, 0) is 31.3 Å². The number of fused-ring (bicyclic) bond motifs is 2. The monoisotopic (exact) mass is 466 g/mol. The quantitative estimate of drug-likeness (QED) is 0.622. The molecule has 2 aliphatic heterocycles. The first-order chi connectivity index (χ1) is 16.5. The van der Waals surface area contributed by atoms with Gasteiger partial charge < -0.3 is 20.2 Å². The summed E-state index contributed by atoms with van der Waals surface area (Å²) in [6, 6.07) is 0.171. The zero-order valence-electron chi connectivity index (χ0n) is 19.3. The minimum Gasteiger partial charge on any atom is -0.394 e. The minimum absolute atomic E-state index is 0.00502. The Morgan fingerprint density at radius 3 is 2.94 bits per heavy atom. The molecule has 2 fully saturated rings. The van der Waals surface area contributed by atoms with Crippen LogP contribution in [0.15, 0.2) is 31.2 Å². The van der Waals surface area contributed by atoms with Gasteiger partial charge in [-0.25, -0.2) is 9.78 Å². The number of likely N-dealkylation sites (tertiary alicyclic amines) is 1. The Bertz CT molecular complexity index is 1100. The zero-order chi connectivity index (χ0) is 23.8. The molecule has 2 aromatic heterocycles. The second-order valence-electron chi connectivity index (χ2n) is 9.11. The van der Waals surface area contributed by atoms with Crippen LogP contribution in [0.3, 0.4) is 0 Å². The molecule has 11 heteroatoms. The molecule has 34 heavy (non-hydrogen) atoms. The van der Waals surface area contributed by atoms with Crippen LogP contribution in [0.2, 0.25) is 0 Å². The van der Waals surface area contributed by atoms with E-state index >= 15 is 0 Å². The van der Waals surface area contributed by atoms with Crippen LogP contribution in [0.1, 0.15) is 31.2 Å². The van der Waals surface area contributed by atoms with Gasteiger partial charge in [0.1, 0.15) is 5.82 Å². The lowest BCUT2D eigenvalue weighted by Crippen LogP contribution is -2.59. The van der Waals surface area contributed by atoms with Crippen molar-refractivity contribution in [1.29, 1.82) is 0 Å². The summed E-state index contributed by atoms with van der Waals surface area (Å²) < 4.78 is 1.62. The van der Waals surface area contributed by atoms with Crippen molar-refractivity contribution in [3.05, 3.63) is 36.8 Å². The summed E-state index contributed by atoms with van der Waals surface area (Å²) in [6.07, 6.45) is 10.4. The average Bonchev–Trinajstić information content (AvgIpc) is 3.51. The van der Waals surface area contributed by atoms with Gasteiger partial charge in [-0.15, -0.1) is 0 Å². The van der Waals surface area contributed by atoms with Crippen molar-refractivity contribution in [2.24, 2.45) is 5.92 Å². The van der Waals surface area contributed by atoms with Gasteiger partial charge in [-0.1, -0.05) is 13.0 Å². The summed E-state index contributed by atoms with van der Waals surface area (Å²) in [5.74, 6) is 1.22. The number of amides is 3. The number of rotatable bonds is 6. The number of hydrogen-bond acceptors (Lipinski definition) is 7. The molecule has 11 nitrogen and oxygen atoms in total. The second kappa shape index (κ2) is 9.05. The summed E-state index contributed by atoms with van der Waals surface area (Å²) in [7, 11) is 1.74. The van der Waals surface area contributed by atoms with Crippen LogP contribution in [0.4, 0.5) is 22.2 Å². The number of piperidine rings is 1. The Balaban J connectivity index is 1.34. The number of nitrogens with zero attached hydrogens (tertiary/aromatic N) is 7. The third-order valence-electron chi connectivity index (χ3n) is 7.20. The first-order valence-corrected chi connectivity index (χ1v) is 11.7. The van der Waals surface area contributed by atoms with E-state index < -0.39 is 0 Å². The number of aromatic nitrogens is 4. The van der Waals surface area contributed by atoms with Crippen LogP contribution in [0.25, 0.3) is 0 Å². The van der Waals surface area contributed by atoms with Crippen molar-refractivity contribution in [2.45, 2.75) is 50.9 Å². The average molecular weight is 467 g/mol. The summed E-state index contributed by atoms with van der Waals surface area (Å²) in [5, 5.41) is 16.3. The molecule has 5 rings (SSSR count). The standard InChI is InChI=1S/C23H30N8O3/c1-3-20(33)30-8-7-19(17-5-4-6-18(17)30)31-13-15-11-24-22(27-21(15)28(2)23(31)34)26-16-12-25-29(14-16)9-10-32/h3,11-12,14,17-19,32H,1,4-10,13H2,2H3,(H,24,26,27)/t17?,18-,19?/m0/s1. The number of carbonyl (C=O) groups excluding carboxylic acids is 2. The number of hydrogen-bond donors (Lipinski definition) is 2. The van der Waals surface area contributed by atoms with Crippen molar-refractivity contribution >= 4 is 29.4 Å². The normalized spacial score (nSPS) is 24.1. The Morgan fingerprint density at radius 2 is 2.15 bits per heavy atom. The van der Waals surface area contributed by atoms with E-state index in [0.29, 0.717) is 37.1 Å². The van der Waals surface area contributed by atoms with Gasteiger partial charge in [0, 0.05) is 43.6 Å². The van der Waals surface area contributed by atoms with Gasteiger partial charge >= 0.3 is 6.03 Å². The Labute approximate surface area is 198 Å². The maximum Gasteiger partial charge on any atom is 0.325 e. The highest BCUT2D eigenvalue weighted by Crippen LogP contribution is 2.41. The fraction of sp³-hybridized carbons (Fsp3) is 0.522. The molecule has 2 unspecified atom stereocenters. The van der Waals surface area contributed by atoms with Crippen LogP contribution in [0.5, 0.6) is 0 Å². The van der Waals surface area contributed by atoms with Crippen LogP contribution in [0, 0.1) is 5.92 Å². The van der Waals surface area contributed by atoms with Gasteiger partial charge in [0.25, 0.3) is 0 Å². The first kappa shape index (κ1) is 22.3. The van der Waals surface area contributed by atoms with Crippen molar-refractivity contribution < 1.29 is 14.7 Å². The molecule has 3 atom stereocenters. The molecule has 2 aromatic rings. The third-order valence-corrected chi connectivity index (χ3v) is 7.20. The molecule has 0 radical (unpaired) electrons. The van der Waals surface area contributed by atoms with Gasteiger partial charge in [0.15, 0.2) is 0 Å². The Hall–Kier alpha value is -3.47. The first-order valence-electron chi connectivity index (χ1n) is 11.7. The molecule has 3 amide bonds. The van der Waals surface area contributed by atoms with Crippen molar-refractivity contribution in [3.8, 4) is 0 Å². The number of nitrogens with one attached hydrogen (secondary N) is 1. The Morgan fingerprint density at radius 1 is 1.29 bits per heavy atom. The van der Waals surface area contributed by atoms with Gasteiger partial charge in [0.2, 0.25) is 11.9 Å². The SMILES string of the molecule is C=CC(=O)N1CCC(N2Cc3cnc(Nc4cnn(CCO)c4)nc3N(C)C2=O)C2CCC[C@@H]21. The molecular formula is C23H30N8O3. The zero-order valence-corrected chi connectivity index (χ0v) is 19.3. The van der Waals surface area contributed by atoms with E-state index in [1.807, 2.05) is 9.80 Å². The van der Waals surface area contributed by atoms with Crippen LogP contribution >= 0.6 is 0 Å². The highest BCUT2D eigenvalue weighted by molar-refractivity contribution is 5.93. The van der Waals surface area contributed by atoms with Gasteiger partial charge in [-0.3, -0.25) is 14.4 Å². The number of urea groups is 1. The van der Waals surface area contributed by atoms with Crippen LogP contribution in [-0.2, 0) is 17.9 Å². The predicted octanol–water partition coefficient (Wildman–Crippen LogP) is 1.74. The van der Waals surface area contributed by atoms with Crippen molar-refractivity contribution in [2.75, 3.05) is 30.4 Å². The topological polar surface area (TPSA) is 120 Å². The maximum absolute atomic E-state index is 13.4. The van der Waals surface area contributed by atoms with Crippen molar-refractivity contribution in [1.82, 2.24) is 29.5 Å². The van der Waals surface area contributed by atoms with Crippen molar-refractivity contribution in [3.63, 3.8) is 0 Å². The molecule has 3 aliphatic rings. The number of aliphatic hydroxyl groups excluding tert-OH is 1. The summed E-state index contributed by atoms with van der Waals surface area (Å²) in [5.41, 5.74) is 1.59. The number of aliphatic hydroxyl groups is 1. The molecule has 1 saturated carbocycles.